The average Bonchev–Trinajstić information content (AvgIpc) is 2.62. The Labute approximate surface area is 159 Å². The van der Waals surface area contributed by atoms with Crippen LogP contribution in [0.3, 0.4) is 0 Å². The van der Waals surface area contributed by atoms with Gasteiger partial charge in [0.1, 0.15) is 0 Å². The second-order valence-corrected chi connectivity index (χ2v) is 6.76. The number of hydrogen-bond donors (Lipinski definition) is 2. The van der Waals surface area contributed by atoms with Gasteiger partial charge in [-0.15, -0.1) is 0 Å². The molecular formula is C21H25ClN2O2. The first kappa shape index (κ1) is 20.0. The summed E-state index contributed by atoms with van der Waals surface area (Å²) in [4.78, 5) is 24.2. The van der Waals surface area contributed by atoms with E-state index in [9.17, 15) is 9.59 Å². The lowest BCUT2D eigenvalue weighted by molar-refractivity contribution is -0.123. The van der Waals surface area contributed by atoms with Crippen LogP contribution in [-0.4, -0.2) is 11.8 Å². The molecule has 2 aromatic rings. The van der Waals surface area contributed by atoms with Gasteiger partial charge in [-0.25, -0.2) is 0 Å². The predicted molar refractivity (Wildman–Crippen MR) is 105 cm³/mol. The molecule has 0 aliphatic carbocycles. The summed E-state index contributed by atoms with van der Waals surface area (Å²) in [6, 6.07) is 16.7. The van der Waals surface area contributed by atoms with Crippen LogP contribution in [0.4, 0.5) is 0 Å². The second-order valence-electron chi connectivity index (χ2n) is 6.33. The highest BCUT2D eigenvalue weighted by Crippen LogP contribution is 2.22. The van der Waals surface area contributed by atoms with Crippen molar-refractivity contribution in [3.63, 3.8) is 0 Å². The van der Waals surface area contributed by atoms with Gasteiger partial charge in [0.25, 0.3) is 0 Å². The van der Waals surface area contributed by atoms with E-state index in [-0.39, 0.29) is 30.3 Å². The molecule has 2 amide bonds. The van der Waals surface area contributed by atoms with Gasteiger partial charge < -0.3 is 10.6 Å². The number of benzene rings is 2. The van der Waals surface area contributed by atoms with Crippen LogP contribution in [0.1, 0.15) is 56.3 Å². The number of nitrogens with one attached hydrogen (secondary N) is 2. The SMILES string of the molecule is CCCC(NC(=O)CC(NC(C)=O)c1ccc(Cl)cc1)c1ccccc1. The summed E-state index contributed by atoms with van der Waals surface area (Å²) in [5.74, 6) is -0.271. The Morgan fingerprint density at radius 3 is 2.12 bits per heavy atom. The molecule has 0 fully saturated rings. The van der Waals surface area contributed by atoms with E-state index in [1.165, 1.54) is 6.92 Å². The lowest BCUT2D eigenvalue weighted by Gasteiger charge is -2.22. The molecule has 0 aliphatic heterocycles. The Hall–Kier alpha value is -2.33. The minimum absolute atomic E-state index is 0.0307. The predicted octanol–water partition coefficient (Wildman–Crippen LogP) is 4.56. The molecule has 2 N–H and O–H groups in total. The molecule has 2 unspecified atom stereocenters. The van der Waals surface area contributed by atoms with E-state index in [4.69, 9.17) is 11.6 Å². The Kier molecular flexibility index (Phi) is 7.67. The number of carbonyl (C=O) groups is 2. The largest absolute Gasteiger partial charge is 0.349 e. The molecule has 138 valence electrons. The van der Waals surface area contributed by atoms with Crippen LogP contribution in [0.5, 0.6) is 0 Å². The molecule has 0 spiro atoms. The van der Waals surface area contributed by atoms with Crippen molar-refractivity contribution in [1.82, 2.24) is 10.6 Å². The van der Waals surface area contributed by atoms with Gasteiger partial charge >= 0.3 is 0 Å². The zero-order valence-corrected chi connectivity index (χ0v) is 15.9. The Balaban J connectivity index is 2.09. The van der Waals surface area contributed by atoms with E-state index in [1.54, 1.807) is 12.1 Å². The van der Waals surface area contributed by atoms with Crippen molar-refractivity contribution >= 4 is 23.4 Å². The average molecular weight is 373 g/mol. The molecule has 0 saturated carbocycles. The van der Waals surface area contributed by atoms with E-state index in [0.717, 1.165) is 24.0 Å². The highest BCUT2D eigenvalue weighted by molar-refractivity contribution is 6.30. The molecule has 0 aliphatic rings. The highest BCUT2D eigenvalue weighted by atomic mass is 35.5. The van der Waals surface area contributed by atoms with Crippen LogP contribution in [0, 0.1) is 0 Å². The number of rotatable bonds is 8. The minimum atomic E-state index is -0.386. The topological polar surface area (TPSA) is 58.2 Å². The van der Waals surface area contributed by atoms with Crippen molar-refractivity contribution in [2.75, 3.05) is 0 Å². The van der Waals surface area contributed by atoms with Gasteiger partial charge in [-0.2, -0.15) is 0 Å². The van der Waals surface area contributed by atoms with Crippen molar-refractivity contribution in [2.24, 2.45) is 0 Å². The summed E-state index contributed by atoms with van der Waals surface area (Å²) in [5, 5.41) is 6.57. The molecule has 2 atom stereocenters. The molecule has 0 heterocycles. The normalized spacial score (nSPS) is 12.9. The molecule has 2 rings (SSSR count). The van der Waals surface area contributed by atoms with Crippen LogP contribution in [0.2, 0.25) is 5.02 Å². The highest BCUT2D eigenvalue weighted by Gasteiger charge is 2.20. The summed E-state index contributed by atoms with van der Waals surface area (Å²) in [6.45, 7) is 3.54. The third-order valence-electron chi connectivity index (χ3n) is 4.15. The molecule has 26 heavy (non-hydrogen) atoms. The summed E-state index contributed by atoms with van der Waals surface area (Å²) < 4.78 is 0. The molecule has 0 bridgehead atoms. The van der Waals surface area contributed by atoms with Crippen molar-refractivity contribution in [3.8, 4) is 0 Å². The number of carbonyl (C=O) groups excluding carboxylic acids is 2. The Bertz CT molecular complexity index is 717. The summed E-state index contributed by atoms with van der Waals surface area (Å²) in [7, 11) is 0. The molecule has 4 nitrogen and oxygen atoms in total. The van der Waals surface area contributed by atoms with Gasteiger partial charge in [0.05, 0.1) is 18.5 Å². The second kappa shape index (κ2) is 9.97. The van der Waals surface area contributed by atoms with Gasteiger partial charge in [0.2, 0.25) is 11.8 Å². The van der Waals surface area contributed by atoms with E-state index in [2.05, 4.69) is 17.6 Å². The van der Waals surface area contributed by atoms with Crippen molar-refractivity contribution < 1.29 is 9.59 Å². The zero-order valence-electron chi connectivity index (χ0n) is 15.2. The monoisotopic (exact) mass is 372 g/mol. The number of amides is 2. The lowest BCUT2D eigenvalue weighted by atomic mass is 10.00. The Morgan fingerprint density at radius 2 is 1.54 bits per heavy atom. The van der Waals surface area contributed by atoms with E-state index in [1.807, 2.05) is 42.5 Å². The third kappa shape index (κ3) is 6.19. The van der Waals surface area contributed by atoms with Gasteiger partial charge in [-0.3, -0.25) is 9.59 Å². The van der Waals surface area contributed by atoms with Gasteiger partial charge in [-0.05, 0) is 29.7 Å². The summed E-state index contributed by atoms with van der Waals surface area (Å²) in [6.07, 6.45) is 2.00. The lowest BCUT2D eigenvalue weighted by Crippen LogP contribution is -2.34. The van der Waals surface area contributed by atoms with Crippen molar-refractivity contribution in [2.45, 2.75) is 45.2 Å². The first-order chi connectivity index (χ1) is 12.5. The van der Waals surface area contributed by atoms with E-state index < -0.39 is 0 Å². The quantitative estimate of drug-likeness (QED) is 0.713. The number of hydrogen-bond acceptors (Lipinski definition) is 2. The fourth-order valence-corrected chi connectivity index (χ4v) is 3.05. The van der Waals surface area contributed by atoms with Crippen LogP contribution in [0.15, 0.2) is 54.6 Å². The van der Waals surface area contributed by atoms with E-state index >= 15 is 0 Å². The Morgan fingerprint density at radius 1 is 0.923 bits per heavy atom. The molecule has 0 aromatic heterocycles. The summed E-state index contributed by atoms with van der Waals surface area (Å²) >= 11 is 5.93. The maximum atomic E-state index is 12.6. The molecule has 2 aromatic carbocycles. The van der Waals surface area contributed by atoms with Crippen molar-refractivity contribution in [1.29, 1.82) is 0 Å². The maximum absolute atomic E-state index is 12.6. The van der Waals surface area contributed by atoms with Crippen LogP contribution in [0.25, 0.3) is 0 Å². The number of halogens is 1. The smallest absolute Gasteiger partial charge is 0.222 e. The molecule has 5 heteroatoms. The fraction of sp³-hybridized carbons (Fsp3) is 0.333. The first-order valence-corrected chi connectivity index (χ1v) is 9.24. The standard InChI is InChI=1S/C21H25ClN2O2/c1-3-7-19(16-8-5-4-6-9-16)24-21(26)14-20(23-15(2)25)17-10-12-18(22)13-11-17/h4-6,8-13,19-20H,3,7,14H2,1-2H3,(H,23,25)(H,24,26). The molecular weight excluding hydrogens is 348 g/mol. The summed E-state index contributed by atoms with van der Waals surface area (Å²) in [5.41, 5.74) is 1.94. The third-order valence-corrected chi connectivity index (χ3v) is 4.41. The molecule has 0 saturated heterocycles. The van der Waals surface area contributed by atoms with Crippen molar-refractivity contribution in [3.05, 3.63) is 70.7 Å². The fourth-order valence-electron chi connectivity index (χ4n) is 2.93. The first-order valence-electron chi connectivity index (χ1n) is 8.86. The van der Waals surface area contributed by atoms with Crippen LogP contribution >= 0.6 is 11.6 Å². The zero-order chi connectivity index (χ0) is 18.9. The molecule has 0 radical (unpaired) electrons. The van der Waals surface area contributed by atoms with E-state index in [0.29, 0.717) is 5.02 Å². The maximum Gasteiger partial charge on any atom is 0.222 e. The van der Waals surface area contributed by atoms with Gasteiger partial charge in [0, 0.05) is 11.9 Å². The van der Waals surface area contributed by atoms with Gasteiger partial charge in [-0.1, -0.05) is 67.4 Å². The van der Waals surface area contributed by atoms with Gasteiger partial charge in [0.15, 0.2) is 0 Å². The minimum Gasteiger partial charge on any atom is -0.349 e. The van der Waals surface area contributed by atoms with Crippen LogP contribution < -0.4 is 10.6 Å². The van der Waals surface area contributed by atoms with Crippen LogP contribution in [-0.2, 0) is 9.59 Å².